The maximum Gasteiger partial charge on any atom is 0.308 e. The highest BCUT2D eigenvalue weighted by atomic mass is 16.5. The van der Waals surface area contributed by atoms with E-state index in [0.717, 1.165) is 11.3 Å². The smallest absolute Gasteiger partial charge is 0.308 e. The molecule has 0 saturated heterocycles. The summed E-state index contributed by atoms with van der Waals surface area (Å²) in [5.74, 6) is -0.625. The van der Waals surface area contributed by atoms with Crippen molar-refractivity contribution in [1.29, 1.82) is 0 Å². The minimum absolute atomic E-state index is 0.145. The molecule has 128 valence electrons. The van der Waals surface area contributed by atoms with Crippen LogP contribution in [0.15, 0.2) is 24.3 Å². The number of nitrogens with one attached hydrogen (secondary N) is 1. The highest BCUT2D eigenvalue weighted by Gasteiger charge is 2.31. The molecule has 0 bridgehead atoms. The SMILES string of the molecule is COc1ccc(C(C)(C)C(=O)NCC(CC(C)C)C(=O)O)cc1. The number of carbonyl (C=O) groups excluding carboxylic acids is 1. The second kappa shape index (κ2) is 7.99. The Hall–Kier alpha value is -2.04. The van der Waals surface area contributed by atoms with E-state index in [-0.39, 0.29) is 18.4 Å². The summed E-state index contributed by atoms with van der Waals surface area (Å²) in [5.41, 5.74) is 0.110. The van der Waals surface area contributed by atoms with Gasteiger partial charge in [-0.25, -0.2) is 0 Å². The fraction of sp³-hybridized carbons (Fsp3) is 0.556. The van der Waals surface area contributed by atoms with E-state index < -0.39 is 17.3 Å². The van der Waals surface area contributed by atoms with Gasteiger partial charge in [-0.15, -0.1) is 0 Å². The van der Waals surface area contributed by atoms with Crippen LogP contribution in [-0.2, 0) is 15.0 Å². The zero-order valence-corrected chi connectivity index (χ0v) is 14.6. The number of carbonyl (C=O) groups is 2. The van der Waals surface area contributed by atoms with Crippen molar-refractivity contribution in [2.75, 3.05) is 13.7 Å². The molecule has 0 radical (unpaired) electrons. The third kappa shape index (κ3) is 5.27. The van der Waals surface area contributed by atoms with Gasteiger partial charge in [-0.2, -0.15) is 0 Å². The van der Waals surface area contributed by atoms with Gasteiger partial charge in [0.1, 0.15) is 5.75 Å². The standard InChI is InChI=1S/C18H27NO4/c1-12(2)10-13(16(20)21)11-19-17(22)18(3,4)14-6-8-15(23-5)9-7-14/h6-9,12-13H,10-11H2,1-5H3,(H,19,22)(H,20,21). The van der Waals surface area contributed by atoms with Crippen molar-refractivity contribution < 1.29 is 19.4 Å². The summed E-state index contributed by atoms with van der Waals surface area (Å²) < 4.78 is 5.12. The molecule has 1 unspecified atom stereocenters. The zero-order valence-electron chi connectivity index (χ0n) is 14.6. The fourth-order valence-electron chi connectivity index (χ4n) is 2.42. The first-order valence-electron chi connectivity index (χ1n) is 7.84. The van der Waals surface area contributed by atoms with Crippen LogP contribution in [0, 0.1) is 11.8 Å². The summed E-state index contributed by atoms with van der Waals surface area (Å²) in [6.45, 7) is 7.73. The van der Waals surface area contributed by atoms with Crippen LogP contribution in [0.3, 0.4) is 0 Å². The van der Waals surface area contributed by atoms with Gasteiger partial charge in [0.25, 0.3) is 0 Å². The lowest BCUT2D eigenvalue weighted by Crippen LogP contribution is -2.43. The van der Waals surface area contributed by atoms with E-state index in [1.807, 2.05) is 52.0 Å². The van der Waals surface area contributed by atoms with Gasteiger partial charge >= 0.3 is 5.97 Å². The number of hydrogen-bond acceptors (Lipinski definition) is 3. The summed E-state index contributed by atoms with van der Waals surface area (Å²) in [4.78, 5) is 23.8. The minimum atomic E-state index is -0.874. The lowest BCUT2D eigenvalue weighted by atomic mass is 9.83. The van der Waals surface area contributed by atoms with Crippen molar-refractivity contribution >= 4 is 11.9 Å². The molecular weight excluding hydrogens is 294 g/mol. The molecule has 5 heteroatoms. The Balaban J connectivity index is 2.75. The third-order valence-electron chi connectivity index (χ3n) is 3.99. The van der Waals surface area contributed by atoms with E-state index in [1.54, 1.807) is 7.11 Å². The molecule has 1 amide bonds. The first kappa shape index (κ1) is 19.0. The van der Waals surface area contributed by atoms with E-state index in [4.69, 9.17) is 4.74 Å². The number of rotatable bonds is 8. The average molecular weight is 321 g/mol. The van der Waals surface area contributed by atoms with E-state index in [9.17, 15) is 14.7 Å². The molecular formula is C18H27NO4. The van der Waals surface area contributed by atoms with Gasteiger partial charge in [-0.1, -0.05) is 26.0 Å². The minimum Gasteiger partial charge on any atom is -0.497 e. The monoisotopic (exact) mass is 321 g/mol. The first-order valence-corrected chi connectivity index (χ1v) is 7.84. The van der Waals surface area contributed by atoms with Gasteiger partial charge in [-0.05, 0) is 43.9 Å². The van der Waals surface area contributed by atoms with Gasteiger partial charge in [0.15, 0.2) is 0 Å². The Bertz CT molecular complexity index is 534. The predicted octanol–water partition coefficient (Wildman–Crippen LogP) is 2.84. The number of methoxy groups -OCH3 is 1. The molecule has 5 nitrogen and oxygen atoms in total. The van der Waals surface area contributed by atoms with Crippen LogP contribution in [-0.4, -0.2) is 30.6 Å². The molecule has 0 aromatic heterocycles. The number of carboxylic acids is 1. The molecule has 1 aromatic rings. The van der Waals surface area contributed by atoms with Gasteiger partial charge in [-0.3, -0.25) is 9.59 Å². The molecule has 1 atom stereocenters. The molecule has 0 aliphatic rings. The molecule has 1 aromatic carbocycles. The molecule has 23 heavy (non-hydrogen) atoms. The summed E-state index contributed by atoms with van der Waals surface area (Å²) in [5, 5.41) is 12.0. The molecule has 0 spiro atoms. The Labute approximate surface area is 138 Å². The highest BCUT2D eigenvalue weighted by molar-refractivity contribution is 5.87. The van der Waals surface area contributed by atoms with Crippen molar-refractivity contribution in [2.24, 2.45) is 11.8 Å². The first-order chi connectivity index (χ1) is 10.7. The normalized spacial score (nSPS) is 12.8. The zero-order chi connectivity index (χ0) is 17.6. The van der Waals surface area contributed by atoms with Crippen LogP contribution in [0.4, 0.5) is 0 Å². The number of benzene rings is 1. The number of carboxylic acid groups (broad SMARTS) is 1. The maximum absolute atomic E-state index is 12.5. The highest BCUT2D eigenvalue weighted by Crippen LogP contribution is 2.25. The topological polar surface area (TPSA) is 75.6 Å². The van der Waals surface area contributed by atoms with Crippen LogP contribution < -0.4 is 10.1 Å². The number of aliphatic carboxylic acids is 1. The van der Waals surface area contributed by atoms with Crippen molar-refractivity contribution in [2.45, 2.75) is 39.5 Å². The van der Waals surface area contributed by atoms with E-state index in [1.165, 1.54) is 0 Å². The maximum atomic E-state index is 12.5. The Morgan fingerprint density at radius 3 is 2.22 bits per heavy atom. The van der Waals surface area contributed by atoms with Gasteiger partial charge in [0, 0.05) is 6.54 Å². The number of hydrogen-bond donors (Lipinski definition) is 2. The molecule has 0 aliphatic heterocycles. The number of ether oxygens (including phenoxy) is 1. The quantitative estimate of drug-likeness (QED) is 0.772. The molecule has 0 saturated carbocycles. The van der Waals surface area contributed by atoms with Gasteiger partial charge in [0.2, 0.25) is 5.91 Å². The summed E-state index contributed by atoms with van der Waals surface area (Å²) in [7, 11) is 1.59. The largest absolute Gasteiger partial charge is 0.497 e. The summed E-state index contributed by atoms with van der Waals surface area (Å²) >= 11 is 0. The van der Waals surface area contributed by atoms with E-state index >= 15 is 0 Å². The third-order valence-corrected chi connectivity index (χ3v) is 3.99. The van der Waals surface area contributed by atoms with E-state index in [0.29, 0.717) is 6.42 Å². The lowest BCUT2D eigenvalue weighted by Gasteiger charge is -2.25. The van der Waals surface area contributed by atoms with Crippen molar-refractivity contribution in [3.05, 3.63) is 29.8 Å². The number of amides is 1. The second-order valence-corrected chi connectivity index (χ2v) is 6.73. The molecule has 0 fully saturated rings. The Morgan fingerprint density at radius 1 is 1.22 bits per heavy atom. The van der Waals surface area contributed by atoms with Crippen LogP contribution in [0.2, 0.25) is 0 Å². The molecule has 1 rings (SSSR count). The molecule has 2 N–H and O–H groups in total. The van der Waals surface area contributed by atoms with Crippen LogP contribution in [0.1, 0.15) is 39.7 Å². The van der Waals surface area contributed by atoms with E-state index in [2.05, 4.69) is 5.32 Å². The van der Waals surface area contributed by atoms with Crippen LogP contribution in [0.25, 0.3) is 0 Å². The second-order valence-electron chi connectivity index (χ2n) is 6.73. The Morgan fingerprint density at radius 2 is 1.78 bits per heavy atom. The van der Waals surface area contributed by atoms with Crippen LogP contribution in [0.5, 0.6) is 5.75 Å². The summed E-state index contributed by atoms with van der Waals surface area (Å²) in [6, 6.07) is 7.31. The summed E-state index contributed by atoms with van der Waals surface area (Å²) in [6.07, 6.45) is 0.540. The lowest BCUT2D eigenvalue weighted by molar-refractivity contribution is -0.142. The van der Waals surface area contributed by atoms with Gasteiger partial charge in [0.05, 0.1) is 18.4 Å². The van der Waals surface area contributed by atoms with Crippen molar-refractivity contribution in [1.82, 2.24) is 5.32 Å². The predicted molar refractivity (Wildman–Crippen MR) is 89.6 cm³/mol. The molecule has 0 aliphatic carbocycles. The average Bonchev–Trinajstić information content (AvgIpc) is 2.50. The molecule has 0 heterocycles. The fourth-order valence-corrected chi connectivity index (χ4v) is 2.42. The van der Waals surface area contributed by atoms with Gasteiger partial charge < -0.3 is 15.2 Å². The van der Waals surface area contributed by atoms with Crippen molar-refractivity contribution in [3.8, 4) is 5.75 Å². The van der Waals surface area contributed by atoms with Crippen molar-refractivity contribution in [3.63, 3.8) is 0 Å². The Kier molecular flexibility index (Phi) is 6.61. The van der Waals surface area contributed by atoms with Crippen LogP contribution >= 0.6 is 0 Å².